The molecule has 1 aliphatic heterocycles. The largest absolute Gasteiger partial charge is 0.351 e. The molecule has 0 N–H and O–H groups in total. The number of anilines is 1. The summed E-state index contributed by atoms with van der Waals surface area (Å²) in [5.74, 6) is 0.335. The van der Waals surface area contributed by atoms with Crippen LogP contribution in [0.4, 0.5) is 10.2 Å². The molecule has 0 bridgehead atoms. The van der Waals surface area contributed by atoms with Crippen LogP contribution in [-0.2, 0) is 0 Å². The number of hydrogen-bond acceptors (Lipinski definition) is 2. The number of nitrogens with zero attached hydrogens (tertiary/aromatic N) is 2. The average molecular weight is 208 g/mol. The van der Waals surface area contributed by atoms with Crippen molar-refractivity contribution in [2.24, 2.45) is 0 Å². The number of hydrogen-bond donors (Lipinski definition) is 0. The van der Waals surface area contributed by atoms with Crippen LogP contribution < -0.4 is 4.90 Å². The van der Waals surface area contributed by atoms with Crippen molar-refractivity contribution in [3.63, 3.8) is 0 Å². The predicted molar refractivity (Wildman–Crippen MR) is 59.5 cm³/mol. The number of pyridine rings is 1. The summed E-state index contributed by atoms with van der Waals surface area (Å²) in [6, 6.07) is 3.59. The van der Waals surface area contributed by atoms with Gasteiger partial charge in [-0.15, -0.1) is 0 Å². The lowest BCUT2D eigenvalue weighted by atomic mass is 10.00. The Labute approximate surface area is 90.1 Å². The van der Waals surface area contributed by atoms with E-state index in [4.69, 9.17) is 0 Å². The standard InChI is InChI=1S/C12H17FN2/c1-2-10-6-3-4-9-15(10)12-11(13)7-5-8-14-12/h5,7-8,10H,2-4,6,9H2,1H3. The topological polar surface area (TPSA) is 16.1 Å². The van der Waals surface area contributed by atoms with Gasteiger partial charge in [-0.1, -0.05) is 6.92 Å². The van der Waals surface area contributed by atoms with Crippen molar-refractivity contribution >= 4 is 5.82 Å². The van der Waals surface area contributed by atoms with E-state index in [-0.39, 0.29) is 5.82 Å². The molecule has 0 aliphatic carbocycles. The third kappa shape index (κ3) is 2.11. The van der Waals surface area contributed by atoms with E-state index in [1.54, 1.807) is 12.3 Å². The van der Waals surface area contributed by atoms with Crippen LogP contribution in [0.2, 0.25) is 0 Å². The molecule has 1 atom stereocenters. The molecule has 1 saturated heterocycles. The minimum Gasteiger partial charge on any atom is -0.351 e. The smallest absolute Gasteiger partial charge is 0.165 e. The van der Waals surface area contributed by atoms with Crippen LogP contribution in [0, 0.1) is 5.82 Å². The Morgan fingerprint density at radius 1 is 1.53 bits per heavy atom. The highest BCUT2D eigenvalue weighted by Crippen LogP contribution is 2.26. The number of aromatic nitrogens is 1. The Kier molecular flexibility index (Phi) is 3.19. The minimum atomic E-state index is -0.196. The molecule has 1 aromatic heterocycles. The van der Waals surface area contributed by atoms with Crippen LogP contribution >= 0.6 is 0 Å². The summed E-state index contributed by atoms with van der Waals surface area (Å²) >= 11 is 0. The zero-order valence-corrected chi connectivity index (χ0v) is 9.12. The lowest BCUT2D eigenvalue weighted by Gasteiger charge is -2.36. The van der Waals surface area contributed by atoms with Crippen molar-refractivity contribution in [2.45, 2.75) is 38.6 Å². The molecule has 0 saturated carbocycles. The van der Waals surface area contributed by atoms with Gasteiger partial charge < -0.3 is 4.90 Å². The third-order valence-corrected chi connectivity index (χ3v) is 3.11. The van der Waals surface area contributed by atoms with E-state index in [1.807, 2.05) is 0 Å². The van der Waals surface area contributed by atoms with Crippen LogP contribution in [0.1, 0.15) is 32.6 Å². The second-order valence-electron chi connectivity index (χ2n) is 4.06. The van der Waals surface area contributed by atoms with E-state index < -0.39 is 0 Å². The fraction of sp³-hybridized carbons (Fsp3) is 0.583. The second kappa shape index (κ2) is 4.60. The van der Waals surface area contributed by atoms with Crippen molar-refractivity contribution in [3.05, 3.63) is 24.1 Å². The summed E-state index contributed by atoms with van der Waals surface area (Å²) < 4.78 is 13.6. The molecule has 0 radical (unpaired) electrons. The first-order chi connectivity index (χ1) is 7.33. The maximum atomic E-state index is 13.6. The second-order valence-corrected chi connectivity index (χ2v) is 4.06. The van der Waals surface area contributed by atoms with E-state index in [2.05, 4.69) is 16.8 Å². The zero-order chi connectivity index (χ0) is 10.7. The van der Waals surface area contributed by atoms with Gasteiger partial charge in [-0.3, -0.25) is 0 Å². The summed E-state index contributed by atoms with van der Waals surface area (Å²) in [5.41, 5.74) is 0. The Morgan fingerprint density at radius 2 is 2.40 bits per heavy atom. The van der Waals surface area contributed by atoms with E-state index in [0.29, 0.717) is 11.9 Å². The molecule has 3 heteroatoms. The number of halogens is 1. The highest BCUT2D eigenvalue weighted by molar-refractivity contribution is 5.41. The van der Waals surface area contributed by atoms with Gasteiger partial charge in [0.05, 0.1) is 0 Å². The summed E-state index contributed by atoms with van der Waals surface area (Å²) in [5, 5.41) is 0. The normalized spacial score (nSPS) is 21.7. The first-order valence-electron chi connectivity index (χ1n) is 5.70. The van der Waals surface area contributed by atoms with Crippen molar-refractivity contribution in [2.75, 3.05) is 11.4 Å². The Morgan fingerprint density at radius 3 is 3.13 bits per heavy atom. The van der Waals surface area contributed by atoms with Gasteiger partial charge in [-0.25, -0.2) is 9.37 Å². The van der Waals surface area contributed by atoms with E-state index in [0.717, 1.165) is 25.8 Å². The molecule has 2 nitrogen and oxygen atoms in total. The van der Waals surface area contributed by atoms with Crippen molar-refractivity contribution in [1.82, 2.24) is 4.98 Å². The molecule has 15 heavy (non-hydrogen) atoms. The van der Waals surface area contributed by atoms with Crippen LogP contribution in [-0.4, -0.2) is 17.6 Å². The molecule has 1 aromatic rings. The number of piperidine rings is 1. The Hall–Kier alpha value is -1.12. The maximum absolute atomic E-state index is 13.6. The summed E-state index contributed by atoms with van der Waals surface area (Å²) in [4.78, 5) is 6.27. The summed E-state index contributed by atoms with van der Waals surface area (Å²) in [6.45, 7) is 3.09. The van der Waals surface area contributed by atoms with Crippen LogP contribution in [0.15, 0.2) is 18.3 Å². The van der Waals surface area contributed by atoms with Gasteiger partial charge in [0.2, 0.25) is 0 Å². The van der Waals surface area contributed by atoms with Crippen LogP contribution in [0.25, 0.3) is 0 Å². The molecule has 82 valence electrons. The van der Waals surface area contributed by atoms with Gasteiger partial charge in [0.25, 0.3) is 0 Å². The van der Waals surface area contributed by atoms with Gasteiger partial charge in [0.1, 0.15) is 0 Å². The first kappa shape index (κ1) is 10.4. The highest BCUT2D eigenvalue weighted by atomic mass is 19.1. The summed E-state index contributed by atoms with van der Waals surface area (Å²) in [6.07, 6.45) is 6.29. The molecule has 0 spiro atoms. The lowest BCUT2D eigenvalue weighted by molar-refractivity contribution is 0.439. The predicted octanol–water partition coefficient (Wildman–Crippen LogP) is 2.99. The molecular formula is C12H17FN2. The average Bonchev–Trinajstić information content (AvgIpc) is 2.30. The SMILES string of the molecule is CCC1CCCCN1c1ncccc1F. The monoisotopic (exact) mass is 208 g/mol. The Balaban J connectivity index is 2.24. The molecular weight excluding hydrogens is 191 g/mol. The molecule has 1 unspecified atom stereocenters. The van der Waals surface area contributed by atoms with Crippen molar-refractivity contribution in [3.8, 4) is 0 Å². The van der Waals surface area contributed by atoms with Gasteiger partial charge in [0.15, 0.2) is 11.6 Å². The minimum absolute atomic E-state index is 0.196. The van der Waals surface area contributed by atoms with E-state index in [1.165, 1.54) is 12.5 Å². The van der Waals surface area contributed by atoms with Crippen LogP contribution in [0.3, 0.4) is 0 Å². The zero-order valence-electron chi connectivity index (χ0n) is 9.12. The van der Waals surface area contributed by atoms with Crippen molar-refractivity contribution < 1.29 is 4.39 Å². The molecule has 2 heterocycles. The third-order valence-electron chi connectivity index (χ3n) is 3.11. The van der Waals surface area contributed by atoms with Gasteiger partial charge in [-0.2, -0.15) is 0 Å². The molecule has 2 rings (SSSR count). The van der Waals surface area contributed by atoms with Crippen molar-refractivity contribution in [1.29, 1.82) is 0 Å². The number of rotatable bonds is 2. The molecule has 0 amide bonds. The van der Waals surface area contributed by atoms with Gasteiger partial charge in [0, 0.05) is 18.8 Å². The Bertz CT molecular complexity index is 327. The first-order valence-corrected chi connectivity index (χ1v) is 5.70. The molecule has 1 fully saturated rings. The van der Waals surface area contributed by atoms with Crippen LogP contribution in [0.5, 0.6) is 0 Å². The lowest BCUT2D eigenvalue weighted by Crippen LogP contribution is -2.40. The van der Waals surface area contributed by atoms with Gasteiger partial charge >= 0.3 is 0 Å². The molecule has 0 aromatic carbocycles. The quantitative estimate of drug-likeness (QED) is 0.742. The summed E-state index contributed by atoms with van der Waals surface area (Å²) in [7, 11) is 0. The fourth-order valence-electron chi connectivity index (χ4n) is 2.29. The maximum Gasteiger partial charge on any atom is 0.165 e. The van der Waals surface area contributed by atoms with Gasteiger partial charge in [-0.05, 0) is 37.8 Å². The fourth-order valence-corrected chi connectivity index (χ4v) is 2.29. The molecule has 1 aliphatic rings. The van der Waals surface area contributed by atoms with E-state index >= 15 is 0 Å². The highest BCUT2D eigenvalue weighted by Gasteiger charge is 2.23. The van der Waals surface area contributed by atoms with E-state index in [9.17, 15) is 4.39 Å².